The average Bonchev–Trinajstić information content (AvgIpc) is 2.47. The molecule has 21 heavy (non-hydrogen) atoms. The van der Waals surface area contributed by atoms with E-state index in [2.05, 4.69) is 17.1 Å². The quantitative estimate of drug-likeness (QED) is 0.331. The predicted octanol–water partition coefficient (Wildman–Crippen LogP) is 4.69. The summed E-state index contributed by atoms with van der Waals surface area (Å²) in [7, 11) is -3.46. The Balaban J connectivity index is 3.09. The average molecular weight is 322 g/mol. The van der Waals surface area contributed by atoms with E-state index in [0.717, 1.165) is 12.8 Å². The Labute approximate surface area is 131 Å². The molecular weight excluding hydrogens is 286 g/mol. The summed E-state index contributed by atoms with van der Waals surface area (Å²) in [6.45, 7) is 2.25. The maximum Gasteiger partial charge on any atom is 0.283 e. The lowest BCUT2D eigenvalue weighted by molar-refractivity contribution is 0.332. The van der Waals surface area contributed by atoms with Crippen LogP contribution in [0.5, 0.6) is 0 Å². The summed E-state index contributed by atoms with van der Waals surface area (Å²) >= 11 is 0. The SMILES string of the molecule is CCCCCCCCCCCCCCCCS(=O)(=O)ON. The van der Waals surface area contributed by atoms with Gasteiger partial charge in [0.25, 0.3) is 10.1 Å². The Hall–Kier alpha value is -0.130. The Morgan fingerprint density at radius 2 is 1.00 bits per heavy atom. The lowest BCUT2D eigenvalue weighted by atomic mass is 10.0. The minimum absolute atomic E-state index is 0.0432. The normalized spacial score (nSPS) is 11.9. The number of rotatable bonds is 16. The van der Waals surface area contributed by atoms with Crippen LogP contribution in [-0.2, 0) is 14.4 Å². The third-order valence-electron chi connectivity index (χ3n) is 3.89. The van der Waals surface area contributed by atoms with Gasteiger partial charge in [-0.25, -0.2) is 0 Å². The van der Waals surface area contributed by atoms with E-state index in [0.29, 0.717) is 6.42 Å². The fourth-order valence-corrected chi connectivity index (χ4v) is 3.18. The molecule has 0 aliphatic rings. The molecule has 0 fully saturated rings. The number of hydrogen-bond acceptors (Lipinski definition) is 4. The summed E-state index contributed by atoms with van der Waals surface area (Å²) < 4.78 is 25.9. The van der Waals surface area contributed by atoms with E-state index in [1.807, 2.05) is 0 Å². The molecule has 0 saturated carbocycles. The highest BCUT2D eigenvalue weighted by atomic mass is 32.2. The van der Waals surface area contributed by atoms with Gasteiger partial charge in [0.1, 0.15) is 0 Å². The van der Waals surface area contributed by atoms with Crippen LogP contribution in [0.4, 0.5) is 0 Å². The Bertz CT molecular complexity index is 305. The minimum Gasteiger partial charge on any atom is -0.198 e. The molecule has 0 aliphatic heterocycles. The van der Waals surface area contributed by atoms with Crippen molar-refractivity contribution in [2.45, 2.75) is 96.8 Å². The van der Waals surface area contributed by atoms with Gasteiger partial charge in [0.15, 0.2) is 0 Å². The molecule has 0 saturated heterocycles. The molecule has 0 atom stereocenters. The Kier molecular flexibility index (Phi) is 14.7. The van der Waals surface area contributed by atoms with E-state index in [-0.39, 0.29) is 5.75 Å². The molecule has 0 aromatic rings. The van der Waals surface area contributed by atoms with E-state index < -0.39 is 10.1 Å². The zero-order valence-corrected chi connectivity index (χ0v) is 14.6. The molecule has 0 rings (SSSR count). The van der Waals surface area contributed by atoms with Gasteiger partial charge in [-0.05, 0) is 6.42 Å². The van der Waals surface area contributed by atoms with Crippen LogP contribution in [0.2, 0.25) is 0 Å². The van der Waals surface area contributed by atoms with Crippen molar-refractivity contribution in [1.82, 2.24) is 0 Å². The standard InChI is InChI=1S/C16H35NO3S/c1-2-3-4-5-6-7-8-9-10-11-12-13-14-15-16-21(18,19)20-17/h2-17H2,1H3. The van der Waals surface area contributed by atoms with Gasteiger partial charge >= 0.3 is 0 Å². The van der Waals surface area contributed by atoms with Crippen LogP contribution in [0.25, 0.3) is 0 Å². The molecule has 2 N–H and O–H groups in total. The molecular formula is C16H35NO3S. The summed E-state index contributed by atoms with van der Waals surface area (Å²) in [6, 6.07) is 0. The first-order valence-electron chi connectivity index (χ1n) is 8.73. The van der Waals surface area contributed by atoms with Gasteiger partial charge in [-0.2, -0.15) is 18.6 Å². The van der Waals surface area contributed by atoms with E-state index in [1.54, 1.807) is 0 Å². The number of hydrogen-bond donors (Lipinski definition) is 1. The fraction of sp³-hybridized carbons (Fsp3) is 1.00. The topological polar surface area (TPSA) is 69.4 Å². The highest BCUT2D eigenvalue weighted by Gasteiger charge is 2.07. The van der Waals surface area contributed by atoms with Crippen molar-refractivity contribution < 1.29 is 12.7 Å². The zero-order valence-electron chi connectivity index (χ0n) is 13.8. The molecule has 0 radical (unpaired) electrons. The lowest BCUT2D eigenvalue weighted by Gasteiger charge is -2.03. The second kappa shape index (κ2) is 14.8. The fourth-order valence-electron chi connectivity index (χ4n) is 2.52. The molecule has 0 aliphatic carbocycles. The van der Waals surface area contributed by atoms with Crippen molar-refractivity contribution >= 4 is 10.1 Å². The van der Waals surface area contributed by atoms with E-state index in [9.17, 15) is 8.42 Å². The van der Waals surface area contributed by atoms with Gasteiger partial charge < -0.3 is 0 Å². The van der Waals surface area contributed by atoms with Gasteiger partial charge in [0.05, 0.1) is 5.75 Å². The smallest absolute Gasteiger partial charge is 0.198 e. The summed E-state index contributed by atoms with van der Waals surface area (Å²) in [4.78, 5) is 0. The Morgan fingerprint density at radius 3 is 1.33 bits per heavy atom. The van der Waals surface area contributed by atoms with Crippen molar-refractivity contribution in [2.75, 3.05) is 5.75 Å². The first kappa shape index (κ1) is 20.9. The van der Waals surface area contributed by atoms with Crippen molar-refractivity contribution in [1.29, 1.82) is 0 Å². The highest BCUT2D eigenvalue weighted by Crippen LogP contribution is 2.13. The largest absolute Gasteiger partial charge is 0.283 e. The summed E-state index contributed by atoms with van der Waals surface area (Å²) in [5, 5.41) is 0. The summed E-state index contributed by atoms with van der Waals surface area (Å²) in [6.07, 6.45) is 17.5. The maximum atomic E-state index is 11.0. The number of unbranched alkanes of at least 4 members (excludes halogenated alkanes) is 13. The minimum atomic E-state index is -3.46. The van der Waals surface area contributed by atoms with Crippen LogP contribution >= 0.6 is 0 Å². The lowest BCUT2D eigenvalue weighted by Crippen LogP contribution is -2.14. The maximum absolute atomic E-state index is 11.0. The van der Waals surface area contributed by atoms with Gasteiger partial charge in [-0.15, -0.1) is 0 Å². The third-order valence-corrected chi connectivity index (χ3v) is 4.98. The van der Waals surface area contributed by atoms with E-state index in [4.69, 9.17) is 0 Å². The van der Waals surface area contributed by atoms with Crippen LogP contribution in [-0.4, -0.2) is 14.2 Å². The van der Waals surface area contributed by atoms with Crippen molar-refractivity contribution in [2.24, 2.45) is 5.90 Å². The van der Waals surface area contributed by atoms with Crippen LogP contribution in [0.1, 0.15) is 96.8 Å². The van der Waals surface area contributed by atoms with Gasteiger partial charge in [0, 0.05) is 0 Å². The third kappa shape index (κ3) is 16.1. The van der Waals surface area contributed by atoms with Crippen molar-refractivity contribution in [3.8, 4) is 0 Å². The Morgan fingerprint density at radius 1 is 0.667 bits per heavy atom. The molecule has 0 bridgehead atoms. The monoisotopic (exact) mass is 321 g/mol. The molecule has 5 heteroatoms. The van der Waals surface area contributed by atoms with Gasteiger partial charge in [0.2, 0.25) is 0 Å². The summed E-state index contributed by atoms with van der Waals surface area (Å²) in [5.74, 6) is 4.72. The molecule has 128 valence electrons. The van der Waals surface area contributed by atoms with Crippen LogP contribution in [0, 0.1) is 0 Å². The second-order valence-corrected chi connectivity index (χ2v) is 7.67. The van der Waals surface area contributed by atoms with E-state index in [1.165, 1.54) is 70.6 Å². The molecule has 0 amide bonds. The molecule has 0 unspecified atom stereocenters. The van der Waals surface area contributed by atoms with Crippen molar-refractivity contribution in [3.05, 3.63) is 0 Å². The van der Waals surface area contributed by atoms with E-state index >= 15 is 0 Å². The van der Waals surface area contributed by atoms with Gasteiger partial charge in [-0.3, -0.25) is 0 Å². The molecule has 0 aromatic carbocycles. The van der Waals surface area contributed by atoms with Gasteiger partial charge in [-0.1, -0.05) is 90.4 Å². The first-order chi connectivity index (χ1) is 10.1. The second-order valence-electron chi connectivity index (χ2n) is 5.95. The van der Waals surface area contributed by atoms with Crippen molar-refractivity contribution in [3.63, 3.8) is 0 Å². The first-order valence-corrected chi connectivity index (χ1v) is 10.3. The van der Waals surface area contributed by atoms with Crippen LogP contribution in [0.3, 0.4) is 0 Å². The highest BCUT2D eigenvalue weighted by molar-refractivity contribution is 7.86. The van der Waals surface area contributed by atoms with Crippen LogP contribution in [0.15, 0.2) is 0 Å². The molecule has 4 nitrogen and oxygen atoms in total. The molecule has 0 aromatic heterocycles. The van der Waals surface area contributed by atoms with Crippen LogP contribution < -0.4 is 5.90 Å². The number of nitrogens with two attached hydrogens (primary N) is 1. The molecule has 0 spiro atoms. The summed E-state index contributed by atoms with van der Waals surface area (Å²) in [5.41, 5.74) is 0. The predicted molar refractivity (Wildman–Crippen MR) is 89.4 cm³/mol. The molecule has 0 heterocycles. The zero-order chi connectivity index (χ0) is 15.8.